The van der Waals surface area contributed by atoms with Crippen molar-refractivity contribution in [1.82, 2.24) is 0 Å². The van der Waals surface area contributed by atoms with Gasteiger partial charge in [0.05, 0.1) is 36.0 Å². The molecule has 1 saturated heterocycles. The van der Waals surface area contributed by atoms with E-state index in [0.29, 0.717) is 13.2 Å². The molecule has 7 heteroatoms. The first kappa shape index (κ1) is 19.1. The molecule has 2 rings (SSSR count). The van der Waals surface area contributed by atoms with Gasteiger partial charge in [0, 0.05) is 13.0 Å². The van der Waals surface area contributed by atoms with Crippen LogP contribution in [0.25, 0.3) is 0 Å². The van der Waals surface area contributed by atoms with Crippen LogP contribution in [0.2, 0.25) is 5.21 Å². The average molecular weight is 320 g/mol. The van der Waals surface area contributed by atoms with Gasteiger partial charge in [-0.05, 0) is 34.1 Å². The smallest absolute Gasteiger partial charge is 0.147 e. The molecule has 1 spiro atoms. The van der Waals surface area contributed by atoms with Crippen molar-refractivity contribution in [3.63, 3.8) is 0 Å². The average Bonchev–Trinajstić information content (AvgIpc) is 3.14. The standard InChI is InChI=1S/C16H31B3O4/c1-10(2)6-7-22-13(3,4)11-14(9-23-14)8-15(17,18)12(20)16(11,19)21-5/h6,11-12,20H,7-9,17-19H2,1-5H3/t11-,12+,14+,16-/m1/s1. The Morgan fingerprint density at radius 1 is 1.35 bits per heavy atom. The Balaban J connectivity index is 2.35. The zero-order chi connectivity index (χ0) is 17.7. The van der Waals surface area contributed by atoms with Gasteiger partial charge < -0.3 is 19.3 Å². The molecular formula is C16H31B3O4. The molecule has 4 atom stereocenters. The van der Waals surface area contributed by atoms with Gasteiger partial charge >= 0.3 is 0 Å². The maximum Gasteiger partial charge on any atom is 0.147 e. The number of hydrogen-bond donors (Lipinski definition) is 1. The van der Waals surface area contributed by atoms with E-state index in [-0.39, 0.29) is 16.7 Å². The molecule has 1 heterocycles. The number of rotatable bonds is 5. The van der Waals surface area contributed by atoms with Crippen molar-refractivity contribution >= 4 is 23.5 Å². The van der Waals surface area contributed by atoms with E-state index in [2.05, 4.69) is 49.5 Å². The molecule has 2 fully saturated rings. The number of allylic oxidation sites excluding steroid dienone is 1. The summed E-state index contributed by atoms with van der Waals surface area (Å²) in [5, 5.41) is 10.8. The third-order valence-electron chi connectivity index (χ3n) is 5.73. The predicted octanol–water partition coefficient (Wildman–Crippen LogP) is -0.744. The molecule has 0 aromatic heterocycles. The third-order valence-corrected chi connectivity index (χ3v) is 5.73. The summed E-state index contributed by atoms with van der Waals surface area (Å²) in [6, 6.07) is 0. The molecule has 0 aromatic rings. The van der Waals surface area contributed by atoms with E-state index in [1.807, 2.05) is 7.85 Å². The lowest BCUT2D eigenvalue weighted by molar-refractivity contribution is -0.196. The van der Waals surface area contributed by atoms with E-state index >= 15 is 0 Å². The monoisotopic (exact) mass is 320 g/mol. The van der Waals surface area contributed by atoms with Crippen LogP contribution in [0, 0.1) is 5.92 Å². The summed E-state index contributed by atoms with van der Waals surface area (Å²) in [4.78, 5) is 0. The van der Waals surface area contributed by atoms with Gasteiger partial charge in [-0.2, -0.15) is 0 Å². The van der Waals surface area contributed by atoms with Gasteiger partial charge in [0.25, 0.3) is 0 Å². The van der Waals surface area contributed by atoms with Crippen LogP contribution in [0.5, 0.6) is 0 Å². The maximum absolute atomic E-state index is 11.0. The van der Waals surface area contributed by atoms with Crippen molar-refractivity contribution in [2.24, 2.45) is 5.92 Å². The number of ether oxygens (including phenoxy) is 3. The van der Waals surface area contributed by atoms with Crippen LogP contribution in [-0.2, 0) is 14.2 Å². The summed E-state index contributed by atoms with van der Waals surface area (Å²) in [7, 11) is 7.86. The molecule has 0 radical (unpaired) electrons. The van der Waals surface area contributed by atoms with E-state index in [0.717, 1.165) is 6.42 Å². The highest BCUT2D eigenvalue weighted by atomic mass is 16.6. The molecular weight excluding hydrogens is 289 g/mol. The molecule has 1 aliphatic heterocycles. The SMILES string of the molecule is BC1(B)C[C@]2(CO2)[C@@H](C(C)(C)OCC=C(C)C)[C@@](B)(OC)[C@H]1O. The zero-order valence-corrected chi connectivity index (χ0v) is 16.0. The second kappa shape index (κ2) is 5.94. The van der Waals surface area contributed by atoms with Gasteiger partial charge in [-0.1, -0.05) is 16.9 Å². The highest BCUT2D eigenvalue weighted by Crippen LogP contribution is 2.61. The highest BCUT2D eigenvalue weighted by molar-refractivity contribution is 6.41. The van der Waals surface area contributed by atoms with Crippen molar-refractivity contribution in [2.75, 3.05) is 20.3 Å². The Hall–Kier alpha value is -0.225. The Morgan fingerprint density at radius 2 is 1.91 bits per heavy atom. The van der Waals surface area contributed by atoms with Gasteiger partial charge in [0.1, 0.15) is 23.5 Å². The van der Waals surface area contributed by atoms with Crippen molar-refractivity contribution < 1.29 is 19.3 Å². The fourth-order valence-electron chi connectivity index (χ4n) is 4.85. The third kappa shape index (κ3) is 3.30. The number of epoxide rings is 1. The predicted molar refractivity (Wildman–Crippen MR) is 100 cm³/mol. The minimum absolute atomic E-state index is 0.0407. The molecule has 4 nitrogen and oxygen atoms in total. The van der Waals surface area contributed by atoms with Gasteiger partial charge in [-0.3, -0.25) is 0 Å². The van der Waals surface area contributed by atoms with Crippen LogP contribution in [-0.4, -0.2) is 71.8 Å². The summed E-state index contributed by atoms with van der Waals surface area (Å²) in [5.74, 6) is -0.0407. The van der Waals surface area contributed by atoms with Crippen molar-refractivity contribution in [2.45, 2.75) is 62.1 Å². The van der Waals surface area contributed by atoms with E-state index < -0.39 is 17.2 Å². The van der Waals surface area contributed by atoms with Gasteiger partial charge in [0.2, 0.25) is 0 Å². The quantitative estimate of drug-likeness (QED) is 0.412. The van der Waals surface area contributed by atoms with Gasteiger partial charge in [-0.15, -0.1) is 0 Å². The largest absolute Gasteiger partial charge is 0.392 e. The first-order chi connectivity index (χ1) is 10.4. The first-order valence-corrected chi connectivity index (χ1v) is 8.56. The molecule has 128 valence electrons. The van der Waals surface area contributed by atoms with Gasteiger partial charge in [-0.25, -0.2) is 0 Å². The lowest BCUT2D eigenvalue weighted by atomic mass is 9.36. The number of aliphatic hydroxyl groups is 1. The van der Waals surface area contributed by atoms with Crippen LogP contribution in [0.4, 0.5) is 0 Å². The summed E-state index contributed by atoms with van der Waals surface area (Å²) < 4.78 is 18.1. The van der Waals surface area contributed by atoms with Gasteiger partial charge in [0.15, 0.2) is 0 Å². The van der Waals surface area contributed by atoms with E-state index in [4.69, 9.17) is 14.2 Å². The maximum atomic E-state index is 11.0. The van der Waals surface area contributed by atoms with Crippen LogP contribution < -0.4 is 0 Å². The van der Waals surface area contributed by atoms with E-state index in [1.165, 1.54) is 5.57 Å². The normalized spacial score (nSPS) is 39.2. The van der Waals surface area contributed by atoms with Crippen molar-refractivity contribution in [1.29, 1.82) is 0 Å². The molecule has 1 saturated carbocycles. The second-order valence-electron chi connectivity index (χ2n) is 8.94. The minimum Gasteiger partial charge on any atom is -0.392 e. The Morgan fingerprint density at radius 3 is 2.35 bits per heavy atom. The summed E-state index contributed by atoms with van der Waals surface area (Å²) in [5.41, 5.74) is -0.211. The fraction of sp³-hybridized carbons (Fsp3) is 0.875. The van der Waals surface area contributed by atoms with E-state index in [1.54, 1.807) is 7.11 Å². The van der Waals surface area contributed by atoms with Crippen molar-refractivity contribution in [3.05, 3.63) is 11.6 Å². The fourth-order valence-corrected chi connectivity index (χ4v) is 4.85. The topological polar surface area (TPSA) is 51.2 Å². The Labute approximate surface area is 143 Å². The highest BCUT2D eigenvalue weighted by Gasteiger charge is 2.71. The molecule has 2 aliphatic rings. The summed E-state index contributed by atoms with van der Waals surface area (Å²) in [6.07, 6.45) is 2.32. The molecule has 0 unspecified atom stereocenters. The molecule has 0 amide bonds. The first-order valence-electron chi connectivity index (χ1n) is 8.56. The second-order valence-corrected chi connectivity index (χ2v) is 8.94. The summed E-state index contributed by atoms with van der Waals surface area (Å²) >= 11 is 0. The molecule has 1 aliphatic carbocycles. The lowest BCUT2D eigenvalue weighted by Gasteiger charge is -2.58. The van der Waals surface area contributed by atoms with Crippen LogP contribution >= 0.6 is 0 Å². The lowest BCUT2D eigenvalue weighted by Crippen LogP contribution is -2.70. The number of methoxy groups -OCH3 is 1. The van der Waals surface area contributed by atoms with Crippen LogP contribution in [0.15, 0.2) is 11.6 Å². The number of aliphatic hydroxyl groups excluding tert-OH is 1. The molecule has 1 N–H and O–H groups in total. The Kier molecular flexibility index (Phi) is 4.93. The molecule has 0 aromatic carbocycles. The van der Waals surface area contributed by atoms with Crippen molar-refractivity contribution in [3.8, 4) is 0 Å². The minimum atomic E-state index is -0.716. The zero-order valence-electron chi connectivity index (χ0n) is 16.0. The molecule has 23 heavy (non-hydrogen) atoms. The van der Waals surface area contributed by atoms with Crippen LogP contribution in [0.3, 0.4) is 0 Å². The van der Waals surface area contributed by atoms with Crippen LogP contribution in [0.1, 0.15) is 34.1 Å². The van der Waals surface area contributed by atoms with E-state index in [9.17, 15) is 5.11 Å². The number of hydrogen-bond acceptors (Lipinski definition) is 4. The Bertz CT molecular complexity index is 484. The molecule has 0 bridgehead atoms. The summed E-state index contributed by atoms with van der Waals surface area (Å²) in [6.45, 7) is 9.57.